The van der Waals surface area contributed by atoms with Crippen molar-refractivity contribution in [2.24, 2.45) is 11.8 Å². The molecule has 1 aliphatic rings. The van der Waals surface area contributed by atoms with Gasteiger partial charge in [0.25, 0.3) is 0 Å². The topological polar surface area (TPSA) is 12.0 Å². The molecule has 0 radical (unpaired) electrons. The van der Waals surface area contributed by atoms with Gasteiger partial charge in [0.2, 0.25) is 0 Å². The lowest BCUT2D eigenvalue weighted by Crippen LogP contribution is -2.45. The Hall–Kier alpha value is -0.250. The first-order chi connectivity index (χ1) is 6.95. The van der Waals surface area contributed by atoms with Crippen molar-refractivity contribution in [2.75, 3.05) is 6.54 Å². The van der Waals surface area contributed by atoms with Gasteiger partial charge in [0.1, 0.15) is 0 Å². The molecule has 1 fully saturated rings. The number of nitrogens with one attached hydrogen (secondary N) is 1. The molecule has 1 nitrogen and oxygen atoms in total. The summed E-state index contributed by atoms with van der Waals surface area (Å²) >= 11 is 0. The zero-order valence-electron chi connectivity index (χ0n) is 9.40. The lowest BCUT2D eigenvalue weighted by molar-refractivity contribution is -0.184. The molecule has 0 spiro atoms. The summed E-state index contributed by atoms with van der Waals surface area (Å²) in [6, 6.07) is 0.0466. The predicted molar refractivity (Wildman–Crippen MR) is 54.6 cm³/mol. The number of rotatable bonds is 3. The van der Waals surface area contributed by atoms with Gasteiger partial charge in [-0.15, -0.1) is 0 Å². The van der Waals surface area contributed by atoms with Gasteiger partial charge in [-0.05, 0) is 31.7 Å². The maximum atomic E-state index is 12.5. The van der Waals surface area contributed by atoms with E-state index in [-0.39, 0.29) is 18.9 Å². The minimum atomic E-state index is -4.01. The summed E-state index contributed by atoms with van der Waals surface area (Å²) in [5.41, 5.74) is 0. The highest BCUT2D eigenvalue weighted by Gasteiger charge is 2.42. The molecule has 0 amide bonds. The van der Waals surface area contributed by atoms with E-state index in [1.54, 1.807) is 0 Å². The van der Waals surface area contributed by atoms with Crippen LogP contribution in [-0.4, -0.2) is 18.8 Å². The molecule has 1 N–H and O–H groups in total. The first kappa shape index (κ1) is 12.8. The van der Waals surface area contributed by atoms with Crippen LogP contribution in [0.4, 0.5) is 13.2 Å². The van der Waals surface area contributed by atoms with E-state index in [9.17, 15) is 13.2 Å². The molecule has 3 unspecified atom stereocenters. The maximum absolute atomic E-state index is 12.5. The Morgan fingerprint density at radius 3 is 2.60 bits per heavy atom. The Balaban J connectivity index is 2.48. The van der Waals surface area contributed by atoms with Gasteiger partial charge in [0.05, 0.1) is 5.92 Å². The Kier molecular flexibility index (Phi) is 4.44. The van der Waals surface area contributed by atoms with Crippen LogP contribution in [-0.2, 0) is 0 Å². The molecule has 1 rings (SSSR count). The Labute approximate surface area is 89.4 Å². The van der Waals surface area contributed by atoms with Crippen LogP contribution in [0.25, 0.3) is 0 Å². The second-order valence-electron chi connectivity index (χ2n) is 4.59. The quantitative estimate of drug-likeness (QED) is 0.773. The van der Waals surface area contributed by atoms with E-state index in [0.29, 0.717) is 12.5 Å². The minimum absolute atomic E-state index is 0.0466. The summed E-state index contributed by atoms with van der Waals surface area (Å²) in [6.07, 6.45) is -1.48. The highest BCUT2D eigenvalue weighted by atomic mass is 19.4. The molecule has 1 heterocycles. The van der Waals surface area contributed by atoms with Crippen molar-refractivity contribution in [3.63, 3.8) is 0 Å². The van der Waals surface area contributed by atoms with Crippen LogP contribution in [0.3, 0.4) is 0 Å². The van der Waals surface area contributed by atoms with Gasteiger partial charge in [0.15, 0.2) is 0 Å². The molecule has 3 atom stereocenters. The summed E-state index contributed by atoms with van der Waals surface area (Å²) in [6.45, 7) is 4.61. The standard InChI is InChI=1S/C11H20F3N/c1-3-4-8(2)10-7-9(5-6-15-10)11(12,13)14/h8-10,15H,3-7H2,1-2H3. The SMILES string of the molecule is CCCC(C)C1CC(C(F)(F)F)CCN1. The third-order valence-electron chi connectivity index (χ3n) is 3.33. The Bertz CT molecular complexity index is 191. The van der Waals surface area contributed by atoms with Gasteiger partial charge in [0, 0.05) is 6.04 Å². The largest absolute Gasteiger partial charge is 0.391 e. The van der Waals surface area contributed by atoms with Crippen LogP contribution >= 0.6 is 0 Å². The normalized spacial score (nSPS) is 30.2. The lowest BCUT2D eigenvalue weighted by atomic mass is 9.84. The van der Waals surface area contributed by atoms with E-state index in [0.717, 1.165) is 12.8 Å². The van der Waals surface area contributed by atoms with Gasteiger partial charge >= 0.3 is 6.18 Å². The van der Waals surface area contributed by atoms with Crippen LogP contribution < -0.4 is 5.32 Å². The molecule has 15 heavy (non-hydrogen) atoms. The van der Waals surface area contributed by atoms with E-state index in [2.05, 4.69) is 12.2 Å². The predicted octanol–water partition coefficient (Wildman–Crippen LogP) is 3.35. The first-order valence-electron chi connectivity index (χ1n) is 5.75. The zero-order chi connectivity index (χ0) is 11.5. The molecule has 1 aliphatic heterocycles. The van der Waals surface area contributed by atoms with Crippen molar-refractivity contribution in [1.82, 2.24) is 5.32 Å². The molecule has 90 valence electrons. The van der Waals surface area contributed by atoms with Crippen molar-refractivity contribution in [1.29, 1.82) is 0 Å². The van der Waals surface area contributed by atoms with Crippen molar-refractivity contribution in [3.8, 4) is 0 Å². The van der Waals surface area contributed by atoms with E-state index < -0.39 is 12.1 Å². The molecule has 1 saturated heterocycles. The first-order valence-corrected chi connectivity index (χ1v) is 5.75. The van der Waals surface area contributed by atoms with Crippen LogP contribution in [0.5, 0.6) is 0 Å². The zero-order valence-corrected chi connectivity index (χ0v) is 9.40. The van der Waals surface area contributed by atoms with E-state index >= 15 is 0 Å². The van der Waals surface area contributed by atoms with Crippen LogP contribution in [0.2, 0.25) is 0 Å². The van der Waals surface area contributed by atoms with Gasteiger partial charge in [-0.25, -0.2) is 0 Å². The highest BCUT2D eigenvalue weighted by molar-refractivity contribution is 4.84. The van der Waals surface area contributed by atoms with Crippen LogP contribution in [0.1, 0.15) is 39.5 Å². The number of alkyl halides is 3. The fraction of sp³-hybridized carbons (Fsp3) is 1.00. The number of hydrogen-bond acceptors (Lipinski definition) is 1. The molecule has 0 saturated carbocycles. The molecular formula is C11H20F3N. The van der Waals surface area contributed by atoms with Gasteiger partial charge in [-0.3, -0.25) is 0 Å². The number of halogens is 3. The fourth-order valence-corrected chi connectivity index (χ4v) is 2.34. The fourth-order valence-electron chi connectivity index (χ4n) is 2.34. The Morgan fingerprint density at radius 2 is 2.07 bits per heavy atom. The minimum Gasteiger partial charge on any atom is -0.314 e. The number of piperidine rings is 1. The van der Waals surface area contributed by atoms with Crippen molar-refractivity contribution in [3.05, 3.63) is 0 Å². The number of hydrogen-bond donors (Lipinski definition) is 1. The monoisotopic (exact) mass is 223 g/mol. The van der Waals surface area contributed by atoms with Gasteiger partial charge < -0.3 is 5.32 Å². The molecule has 0 aromatic carbocycles. The summed E-state index contributed by atoms with van der Waals surface area (Å²) in [5.74, 6) is -0.747. The average molecular weight is 223 g/mol. The van der Waals surface area contributed by atoms with Gasteiger partial charge in [-0.1, -0.05) is 20.3 Å². The molecule has 4 heteroatoms. The smallest absolute Gasteiger partial charge is 0.314 e. The maximum Gasteiger partial charge on any atom is 0.391 e. The molecular weight excluding hydrogens is 203 g/mol. The van der Waals surface area contributed by atoms with Crippen LogP contribution in [0, 0.1) is 11.8 Å². The van der Waals surface area contributed by atoms with Crippen molar-refractivity contribution in [2.45, 2.75) is 51.7 Å². The van der Waals surface area contributed by atoms with Crippen molar-refractivity contribution >= 4 is 0 Å². The highest BCUT2D eigenvalue weighted by Crippen LogP contribution is 2.35. The van der Waals surface area contributed by atoms with E-state index in [4.69, 9.17) is 0 Å². The van der Waals surface area contributed by atoms with Crippen molar-refractivity contribution < 1.29 is 13.2 Å². The summed E-state index contributed by atoms with van der Waals surface area (Å²) in [4.78, 5) is 0. The molecule has 0 aliphatic carbocycles. The van der Waals surface area contributed by atoms with Crippen LogP contribution in [0.15, 0.2) is 0 Å². The third kappa shape index (κ3) is 3.67. The summed E-state index contributed by atoms with van der Waals surface area (Å²) in [5, 5.41) is 3.21. The molecule has 0 aromatic heterocycles. The van der Waals surface area contributed by atoms with E-state index in [1.165, 1.54) is 0 Å². The average Bonchev–Trinajstić information content (AvgIpc) is 2.17. The van der Waals surface area contributed by atoms with E-state index in [1.807, 2.05) is 6.92 Å². The summed E-state index contributed by atoms with van der Waals surface area (Å²) in [7, 11) is 0. The van der Waals surface area contributed by atoms with Gasteiger partial charge in [-0.2, -0.15) is 13.2 Å². The summed E-state index contributed by atoms with van der Waals surface area (Å²) < 4.78 is 37.6. The molecule has 0 bridgehead atoms. The Morgan fingerprint density at radius 1 is 1.40 bits per heavy atom. The second kappa shape index (κ2) is 5.19. The molecule has 0 aromatic rings. The third-order valence-corrected chi connectivity index (χ3v) is 3.33. The second-order valence-corrected chi connectivity index (χ2v) is 4.59. The lowest BCUT2D eigenvalue weighted by Gasteiger charge is -2.35.